The van der Waals surface area contributed by atoms with Gasteiger partial charge in [-0.15, -0.1) is 0 Å². The number of aliphatic carboxylic acids is 1. The van der Waals surface area contributed by atoms with Gasteiger partial charge in [-0.05, 0) is 26.0 Å². The van der Waals surface area contributed by atoms with Gasteiger partial charge in [0.2, 0.25) is 0 Å². The molecule has 110 valence electrons. The average molecular weight is 303 g/mol. The molecule has 0 saturated carbocycles. The predicted molar refractivity (Wildman–Crippen MR) is 72.1 cm³/mol. The van der Waals surface area contributed by atoms with Gasteiger partial charge in [-0.2, -0.15) is 8.78 Å². The molecule has 0 heterocycles. The second-order valence-corrected chi connectivity index (χ2v) is 5.63. The molecule has 0 spiro atoms. The summed E-state index contributed by atoms with van der Waals surface area (Å²) in [6.45, 7) is 2.74. The maximum Gasteiger partial charge on any atom is 0.329 e. The minimum absolute atomic E-state index is 0.0645. The molecule has 0 aliphatic rings. The number of halogens is 2. The molecule has 0 saturated heterocycles. The number of carboxylic acids is 1. The highest BCUT2D eigenvalue weighted by Crippen LogP contribution is 2.30. The predicted octanol–water partition coefficient (Wildman–Crippen LogP) is 2.94. The molecule has 0 atom stereocenters. The van der Waals surface area contributed by atoms with Crippen LogP contribution in [0.5, 0.6) is 0 Å². The van der Waals surface area contributed by atoms with Crippen molar-refractivity contribution in [2.24, 2.45) is 0 Å². The quantitative estimate of drug-likeness (QED) is 0.850. The van der Waals surface area contributed by atoms with Crippen molar-refractivity contribution in [3.63, 3.8) is 0 Å². The molecular weight excluding hydrogens is 288 g/mol. The van der Waals surface area contributed by atoms with E-state index in [0.717, 1.165) is 4.90 Å². The van der Waals surface area contributed by atoms with E-state index in [0.29, 0.717) is 0 Å². The van der Waals surface area contributed by atoms with Crippen LogP contribution in [-0.2, 0) is 4.79 Å². The third-order valence-corrected chi connectivity index (χ3v) is 3.79. The minimum atomic E-state index is -2.65. The summed E-state index contributed by atoms with van der Waals surface area (Å²) in [6.07, 6.45) is 0. The standard InChI is InChI=1S/C13H15F2NO3S/c1-13(2,11(18)19)16(3)10(17)8-6-4-5-7-9(8)20-12(14)15/h4-7,12H,1-3H3,(H,18,19). The maximum absolute atomic E-state index is 12.5. The number of carboxylic acid groups (broad SMARTS) is 1. The Kier molecular flexibility index (Phi) is 5.10. The molecule has 0 radical (unpaired) electrons. The molecule has 4 nitrogen and oxygen atoms in total. The van der Waals surface area contributed by atoms with Crippen LogP contribution in [0.15, 0.2) is 29.2 Å². The van der Waals surface area contributed by atoms with E-state index < -0.39 is 23.2 Å². The number of alkyl halides is 2. The van der Waals surface area contributed by atoms with Crippen molar-refractivity contribution in [2.75, 3.05) is 7.05 Å². The lowest BCUT2D eigenvalue weighted by molar-refractivity contribution is -0.147. The summed E-state index contributed by atoms with van der Waals surface area (Å²) in [6, 6.07) is 5.90. The van der Waals surface area contributed by atoms with Gasteiger partial charge in [-0.25, -0.2) is 4.79 Å². The Morgan fingerprint density at radius 1 is 1.30 bits per heavy atom. The fraction of sp³-hybridized carbons (Fsp3) is 0.385. The summed E-state index contributed by atoms with van der Waals surface area (Å²) in [4.78, 5) is 24.6. The fourth-order valence-corrected chi connectivity index (χ4v) is 2.05. The molecule has 7 heteroatoms. The topological polar surface area (TPSA) is 57.6 Å². The summed E-state index contributed by atoms with van der Waals surface area (Å²) >= 11 is 0.262. The number of carbonyl (C=O) groups is 2. The second kappa shape index (κ2) is 6.21. The lowest BCUT2D eigenvalue weighted by Gasteiger charge is -2.32. The van der Waals surface area contributed by atoms with E-state index in [2.05, 4.69) is 0 Å². The normalized spacial score (nSPS) is 11.5. The third kappa shape index (κ3) is 3.47. The van der Waals surface area contributed by atoms with Crippen molar-refractivity contribution < 1.29 is 23.5 Å². The average Bonchev–Trinajstić information content (AvgIpc) is 2.36. The highest BCUT2D eigenvalue weighted by Gasteiger charge is 2.36. The monoisotopic (exact) mass is 303 g/mol. The highest BCUT2D eigenvalue weighted by molar-refractivity contribution is 7.99. The van der Waals surface area contributed by atoms with Crippen LogP contribution in [0.4, 0.5) is 8.78 Å². The Hall–Kier alpha value is -1.63. The summed E-state index contributed by atoms with van der Waals surface area (Å²) in [7, 11) is 1.33. The van der Waals surface area contributed by atoms with Crippen LogP contribution in [0.3, 0.4) is 0 Å². The first-order valence-electron chi connectivity index (χ1n) is 5.73. The van der Waals surface area contributed by atoms with E-state index in [4.69, 9.17) is 5.11 Å². The van der Waals surface area contributed by atoms with Crippen LogP contribution < -0.4 is 0 Å². The van der Waals surface area contributed by atoms with E-state index in [-0.39, 0.29) is 22.2 Å². The molecule has 1 rings (SSSR count). The molecule has 0 bridgehead atoms. The van der Waals surface area contributed by atoms with Crippen LogP contribution >= 0.6 is 11.8 Å². The van der Waals surface area contributed by atoms with Crippen LogP contribution in [0.25, 0.3) is 0 Å². The molecule has 1 aromatic rings. The molecule has 0 fully saturated rings. The smallest absolute Gasteiger partial charge is 0.329 e. The first-order chi connectivity index (χ1) is 9.17. The zero-order chi connectivity index (χ0) is 15.5. The number of nitrogens with zero attached hydrogens (tertiary/aromatic N) is 1. The SMILES string of the molecule is CN(C(=O)c1ccccc1SC(F)F)C(C)(C)C(=O)O. The first kappa shape index (κ1) is 16.4. The van der Waals surface area contributed by atoms with Gasteiger partial charge in [0.05, 0.1) is 5.56 Å². The zero-order valence-corrected chi connectivity index (χ0v) is 12.1. The Morgan fingerprint density at radius 2 is 1.85 bits per heavy atom. The first-order valence-corrected chi connectivity index (χ1v) is 6.61. The van der Waals surface area contributed by atoms with Crippen molar-refractivity contribution in [3.05, 3.63) is 29.8 Å². The lowest BCUT2D eigenvalue weighted by Crippen LogP contribution is -2.50. The number of amides is 1. The minimum Gasteiger partial charge on any atom is -0.480 e. The molecule has 0 unspecified atom stereocenters. The van der Waals surface area contributed by atoms with Gasteiger partial charge in [0, 0.05) is 11.9 Å². The fourth-order valence-electron chi connectivity index (χ4n) is 1.42. The van der Waals surface area contributed by atoms with E-state index in [1.54, 1.807) is 12.1 Å². The number of thioether (sulfide) groups is 1. The van der Waals surface area contributed by atoms with E-state index in [1.807, 2.05) is 0 Å². The van der Waals surface area contributed by atoms with Crippen molar-refractivity contribution in [1.82, 2.24) is 4.90 Å². The molecule has 1 amide bonds. The number of likely N-dealkylation sites (N-methyl/N-ethyl adjacent to an activating group) is 1. The van der Waals surface area contributed by atoms with Gasteiger partial charge >= 0.3 is 5.97 Å². The van der Waals surface area contributed by atoms with Crippen molar-refractivity contribution >= 4 is 23.6 Å². The number of hydrogen-bond donors (Lipinski definition) is 1. The van der Waals surface area contributed by atoms with Gasteiger partial charge in [-0.3, -0.25) is 4.79 Å². The van der Waals surface area contributed by atoms with E-state index >= 15 is 0 Å². The summed E-state index contributed by atoms with van der Waals surface area (Å²) < 4.78 is 24.9. The highest BCUT2D eigenvalue weighted by atomic mass is 32.2. The van der Waals surface area contributed by atoms with E-state index in [1.165, 1.54) is 33.0 Å². The van der Waals surface area contributed by atoms with E-state index in [9.17, 15) is 18.4 Å². The largest absolute Gasteiger partial charge is 0.480 e. The molecule has 20 heavy (non-hydrogen) atoms. The van der Waals surface area contributed by atoms with Crippen molar-refractivity contribution in [2.45, 2.75) is 30.0 Å². The van der Waals surface area contributed by atoms with Gasteiger partial charge in [0.25, 0.3) is 11.7 Å². The molecule has 0 aliphatic carbocycles. The molecule has 1 aromatic carbocycles. The van der Waals surface area contributed by atoms with Crippen LogP contribution in [0.2, 0.25) is 0 Å². The lowest BCUT2D eigenvalue weighted by atomic mass is 10.0. The number of benzene rings is 1. The zero-order valence-electron chi connectivity index (χ0n) is 11.3. The Balaban J connectivity index is 3.12. The molecular formula is C13H15F2NO3S. The van der Waals surface area contributed by atoms with Crippen molar-refractivity contribution in [3.8, 4) is 0 Å². The van der Waals surface area contributed by atoms with Gasteiger partial charge in [0.1, 0.15) is 5.54 Å². The third-order valence-electron chi connectivity index (χ3n) is 3.00. The van der Waals surface area contributed by atoms with Crippen molar-refractivity contribution in [1.29, 1.82) is 0 Å². The second-order valence-electron chi connectivity index (χ2n) is 4.60. The Morgan fingerprint density at radius 3 is 2.35 bits per heavy atom. The van der Waals surface area contributed by atoms with Crippen LogP contribution in [0, 0.1) is 0 Å². The summed E-state index contributed by atoms with van der Waals surface area (Å²) in [5, 5.41) is 9.10. The van der Waals surface area contributed by atoms with Crippen LogP contribution in [0.1, 0.15) is 24.2 Å². The number of rotatable bonds is 5. The van der Waals surface area contributed by atoms with Gasteiger partial charge in [0.15, 0.2) is 0 Å². The number of hydrogen-bond acceptors (Lipinski definition) is 3. The molecule has 1 N–H and O–H groups in total. The van der Waals surface area contributed by atoms with Gasteiger partial charge in [-0.1, -0.05) is 23.9 Å². The maximum atomic E-state index is 12.5. The Bertz CT molecular complexity index is 520. The molecule has 0 aliphatic heterocycles. The number of carbonyl (C=O) groups excluding carboxylic acids is 1. The summed E-state index contributed by atoms with van der Waals surface area (Å²) in [5.41, 5.74) is -1.37. The molecule has 0 aromatic heterocycles. The van der Waals surface area contributed by atoms with Gasteiger partial charge < -0.3 is 10.0 Å². The Labute approximate surface area is 119 Å². The van der Waals surface area contributed by atoms with Crippen LogP contribution in [-0.4, -0.2) is 40.2 Å². The summed E-state index contributed by atoms with van der Waals surface area (Å²) in [5.74, 6) is -4.43.